The first-order valence-corrected chi connectivity index (χ1v) is 7.23. The number of aliphatic hydroxyl groups is 1. The summed E-state index contributed by atoms with van der Waals surface area (Å²) in [7, 11) is 0. The van der Waals surface area contributed by atoms with Crippen LogP contribution >= 0.6 is 0 Å². The molecule has 1 aromatic rings. The standard InChI is InChI=1S/C15H28N2O/c1-6-8-9-14(7-2)10-17-12(4)15(13(5)18)11(3)16-17/h13-14,18H,6-10H2,1-5H3. The van der Waals surface area contributed by atoms with Crippen LogP contribution in [-0.4, -0.2) is 14.9 Å². The van der Waals surface area contributed by atoms with Crippen molar-refractivity contribution in [1.29, 1.82) is 0 Å². The van der Waals surface area contributed by atoms with E-state index in [2.05, 4.69) is 30.6 Å². The largest absolute Gasteiger partial charge is 0.389 e. The molecule has 18 heavy (non-hydrogen) atoms. The quantitative estimate of drug-likeness (QED) is 0.802. The third-order valence-electron chi connectivity index (χ3n) is 3.83. The molecule has 2 atom stereocenters. The first kappa shape index (κ1) is 15.2. The molecule has 0 bridgehead atoms. The summed E-state index contributed by atoms with van der Waals surface area (Å²) in [5, 5.41) is 14.4. The van der Waals surface area contributed by atoms with Gasteiger partial charge in [0.25, 0.3) is 0 Å². The van der Waals surface area contributed by atoms with Crippen molar-refractivity contribution < 1.29 is 5.11 Å². The summed E-state index contributed by atoms with van der Waals surface area (Å²) in [5.41, 5.74) is 3.09. The number of aromatic nitrogens is 2. The lowest BCUT2D eigenvalue weighted by Crippen LogP contribution is -2.13. The molecule has 1 aromatic heterocycles. The summed E-state index contributed by atoms with van der Waals surface area (Å²) in [5.74, 6) is 0.699. The van der Waals surface area contributed by atoms with Crippen LogP contribution in [0.1, 0.15) is 69.5 Å². The normalized spacial score (nSPS) is 14.8. The van der Waals surface area contributed by atoms with Gasteiger partial charge in [-0.25, -0.2) is 0 Å². The second-order valence-corrected chi connectivity index (χ2v) is 5.36. The first-order chi connectivity index (χ1) is 8.51. The van der Waals surface area contributed by atoms with Gasteiger partial charge in [0.1, 0.15) is 0 Å². The van der Waals surface area contributed by atoms with Crippen LogP contribution in [-0.2, 0) is 6.54 Å². The van der Waals surface area contributed by atoms with Crippen molar-refractivity contribution in [3.05, 3.63) is 17.0 Å². The van der Waals surface area contributed by atoms with E-state index < -0.39 is 6.10 Å². The van der Waals surface area contributed by atoms with E-state index in [1.165, 1.54) is 25.7 Å². The summed E-state index contributed by atoms with van der Waals surface area (Å²) in [4.78, 5) is 0. The molecule has 0 aromatic carbocycles. The Morgan fingerprint density at radius 3 is 2.39 bits per heavy atom. The van der Waals surface area contributed by atoms with Gasteiger partial charge >= 0.3 is 0 Å². The Morgan fingerprint density at radius 2 is 1.94 bits per heavy atom. The van der Waals surface area contributed by atoms with E-state index >= 15 is 0 Å². The van der Waals surface area contributed by atoms with Gasteiger partial charge in [0.05, 0.1) is 11.8 Å². The summed E-state index contributed by atoms with van der Waals surface area (Å²) < 4.78 is 2.08. The van der Waals surface area contributed by atoms with E-state index in [9.17, 15) is 5.11 Å². The minimum atomic E-state index is -0.422. The van der Waals surface area contributed by atoms with Crippen molar-refractivity contribution in [2.24, 2.45) is 5.92 Å². The molecule has 0 aliphatic rings. The Balaban J connectivity index is 2.80. The minimum Gasteiger partial charge on any atom is -0.389 e. The first-order valence-electron chi connectivity index (χ1n) is 7.23. The fourth-order valence-corrected chi connectivity index (χ4v) is 2.66. The van der Waals surface area contributed by atoms with Gasteiger partial charge in [-0.05, 0) is 33.1 Å². The van der Waals surface area contributed by atoms with Crippen molar-refractivity contribution >= 4 is 0 Å². The van der Waals surface area contributed by atoms with Gasteiger partial charge in [-0.2, -0.15) is 5.10 Å². The van der Waals surface area contributed by atoms with Gasteiger partial charge in [0, 0.05) is 17.8 Å². The van der Waals surface area contributed by atoms with Crippen LogP contribution in [0.5, 0.6) is 0 Å². The molecule has 0 aliphatic carbocycles. The van der Waals surface area contributed by atoms with Gasteiger partial charge < -0.3 is 5.11 Å². The number of aryl methyl sites for hydroxylation is 1. The van der Waals surface area contributed by atoms with Crippen LogP contribution in [0.15, 0.2) is 0 Å². The summed E-state index contributed by atoms with van der Waals surface area (Å²) >= 11 is 0. The highest BCUT2D eigenvalue weighted by atomic mass is 16.3. The second-order valence-electron chi connectivity index (χ2n) is 5.36. The molecule has 3 heteroatoms. The van der Waals surface area contributed by atoms with Gasteiger partial charge in [-0.3, -0.25) is 4.68 Å². The highest BCUT2D eigenvalue weighted by Crippen LogP contribution is 2.23. The maximum absolute atomic E-state index is 9.78. The van der Waals surface area contributed by atoms with Gasteiger partial charge in [0.2, 0.25) is 0 Å². The Kier molecular flexibility index (Phi) is 5.86. The topological polar surface area (TPSA) is 38.0 Å². The van der Waals surface area contributed by atoms with E-state index in [4.69, 9.17) is 0 Å². The van der Waals surface area contributed by atoms with Crippen LogP contribution in [0.2, 0.25) is 0 Å². The van der Waals surface area contributed by atoms with Gasteiger partial charge in [-0.1, -0.05) is 33.1 Å². The third kappa shape index (κ3) is 3.58. The van der Waals surface area contributed by atoms with Crippen LogP contribution in [0, 0.1) is 19.8 Å². The monoisotopic (exact) mass is 252 g/mol. The molecule has 0 aliphatic heterocycles. The lowest BCUT2D eigenvalue weighted by atomic mass is 9.99. The van der Waals surface area contributed by atoms with Crippen molar-refractivity contribution in [3.63, 3.8) is 0 Å². The smallest absolute Gasteiger partial charge is 0.0797 e. The van der Waals surface area contributed by atoms with Crippen LogP contribution in [0.4, 0.5) is 0 Å². The molecule has 0 saturated carbocycles. The lowest BCUT2D eigenvalue weighted by molar-refractivity contribution is 0.197. The Bertz CT molecular complexity index is 369. The number of rotatable bonds is 7. The molecule has 0 saturated heterocycles. The highest BCUT2D eigenvalue weighted by Gasteiger charge is 2.17. The molecular formula is C15H28N2O. The zero-order valence-corrected chi connectivity index (χ0v) is 12.5. The molecule has 1 N–H and O–H groups in total. The number of unbranched alkanes of at least 4 members (excludes halogenated alkanes) is 1. The molecule has 1 heterocycles. The molecule has 0 fully saturated rings. The van der Waals surface area contributed by atoms with E-state index in [0.717, 1.165) is 23.5 Å². The molecule has 2 unspecified atom stereocenters. The molecule has 0 spiro atoms. The van der Waals surface area contributed by atoms with Gasteiger partial charge in [-0.15, -0.1) is 0 Å². The average Bonchev–Trinajstić information content (AvgIpc) is 2.59. The van der Waals surface area contributed by atoms with Crippen molar-refractivity contribution in [3.8, 4) is 0 Å². The predicted molar refractivity (Wildman–Crippen MR) is 75.6 cm³/mol. The summed E-state index contributed by atoms with van der Waals surface area (Å²) in [6.45, 7) is 11.3. The fourth-order valence-electron chi connectivity index (χ4n) is 2.66. The lowest BCUT2D eigenvalue weighted by Gasteiger charge is -2.16. The molecule has 0 radical (unpaired) electrons. The second kappa shape index (κ2) is 6.93. The maximum Gasteiger partial charge on any atom is 0.0797 e. The predicted octanol–water partition coefficient (Wildman–Crippen LogP) is 3.77. The van der Waals surface area contributed by atoms with Crippen LogP contribution in [0.25, 0.3) is 0 Å². The van der Waals surface area contributed by atoms with Crippen molar-refractivity contribution in [1.82, 2.24) is 9.78 Å². The van der Waals surface area contributed by atoms with Crippen molar-refractivity contribution in [2.45, 2.75) is 73.0 Å². The third-order valence-corrected chi connectivity index (χ3v) is 3.83. The Morgan fingerprint density at radius 1 is 1.28 bits per heavy atom. The fraction of sp³-hybridized carbons (Fsp3) is 0.800. The maximum atomic E-state index is 9.78. The van der Waals surface area contributed by atoms with E-state index in [1.807, 2.05) is 13.8 Å². The Hall–Kier alpha value is -0.830. The summed E-state index contributed by atoms with van der Waals surface area (Å²) in [6, 6.07) is 0. The zero-order valence-electron chi connectivity index (χ0n) is 12.5. The Labute approximate surface area is 111 Å². The zero-order chi connectivity index (χ0) is 13.7. The summed E-state index contributed by atoms with van der Waals surface area (Å²) in [6.07, 6.45) is 4.60. The van der Waals surface area contributed by atoms with E-state index in [-0.39, 0.29) is 0 Å². The van der Waals surface area contributed by atoms with E-state index in [1.54, 1.807) is 0 Å². The van der Waals surface area contributed by atoms with Gasteiger partial charge in [0.15, 0.2) is 0 Å². The molecular weight excluding hydrogens is 224 g/mol. The number of hydrogen-bond acceptors (Lipinski definition) is 2. The highest BCUT2D eigenvalue weighted by molar-refractivity contribution is 5.26. The van der Waals surface area contributed by atoms with Crippen LogP contribution < -0.4 is 0 Å². The molecule has 3 nitrogen and oxygen atoms in total. The molecule has 0 amide bonds. The average molecular weight is 252 g/mol. The van der Waals surface area contributed by atoms with E-state index in [0.29, 0.717) is 5.92 Å². The number of nitrogens with zero attached hydrogens (tertiary/aromatic N) is 2. The van der Waals surface area contributed by atoms with Crippen molar-refractivity contribution in [2.75, 3.05) is 0 Å². The minimum absolute atomic E-state index is 0.422. The number of hydrogen-bond donors (Lipinski definition) is 1. The SMILES string of the molecule is CCCCC(CC)Cn1nc(C)c(C(C)O)c1C. The van der Waals surface area contributed by atoms with Crippen LogP contribution in [0.3, 0.4) is 0 Å². The number of aliphatic hydroxyl groups excluding tert-OH is 1. The molecule has 104 valence electrons. The molecule has 1 rings (SSSR count).